The van der Waals surface area contributed by atoms with Crippen molar-refractivity contribution in [3.8, 4) is 11.5 Å². The summed E-state index contributed by atoms with van der Waals surface area (Å²) >= 11 is 0. The van der Waals surface area contributed by atoms with E-state index in [1.165, 1.54) is 25.9 Å². The fraction of sp³-hybridized carbons (Fsp3) is 0.583. The van der Waals surface area contributed by atoms with Crippen molar-refractivity contribution in [2.45, 2.75) is 38.2 Å². The van der Waals surface area contributed by atoms with E-state index >= 15 is 0 Å². The van der Waals surface area contributed by atoms with Crippen molar-refractivity contribution in [3.63, 3.8) is 0 Å². The molecule has 1 N–H and O–H groups in total. The molecule has 0 bridgehead atoms. The molecule has 0 amide bonds. The van der Waals surface area contributed by atoms with Crippen LogP contribution in [-0.4, -0.2) is 70.0 Å². The van der Waals surface area contributed by atoms with E-state index in [-0.39, 0.29) is 6.10 Å². The number of carbonyl (C=O) groups is 1. The van der Waals surface area contributed by atoms with Gasteiger partial charge in [-0.25, -0.2) is 0 Å². The highest BCUT2D eigenvalue weighted by Gasteiger charge is 2.30. The smallest absolute Gasteiger partial charge is 0.293 e. The predicted molar refractivity (Wildman–Crippen MR) is 123 cm³/mol. The first-order valence-electron chi connectivity index (χ1n) is 11.5. The normalized spacial score (nSPS) is 18.0. The topological polar surface area (TPSA) is 82.2 Å². The van der Waals surface area contributed by atoms with Crippen molar-refractivity contribution >= 4 is 23.1 Å². The second-order valence-electron chi connectivity index (χ2n) is 8.30. The molecule has 4 rings (SSSR count). The molecule has 1 fully saturated rings. The monoisotopic (exact) mass is 443 g/mol. The fourth-order valence-electron chi connectivity index (χ4n) is 4.71. The van der Waals surface area contributed by atoms with Crippen LogP contribution < -0.4 is 14.8 Å². The highest BCUT2D eigenvalue weighted by atomic mass is 16.5. The van der Waals surface area contributed by atoms with Gasteiger partial charge >= 0.3 is 0 Å². The van der Waals surface area contributed by atoms with Gasteiger partial charge in [-0.15, -0.1) is 0 Å². The highest BCUT2D eigenvalue weighted by Crippen LogP contribution is 2.44. The van der Waals surface area contributed by atoms with Crippen LogP contribution in [0.2, 0.25) is 0 Å². The van der Waals surface area contributed by atoms with Crippen LogP contribution in [0.3, 0.4) is 0 Å². The summed E-state index contributed by atoms with van der Waals surface area (Å²) in [5.41, 5.74) is 3.66. The Kier molecular flexibility index (Phi) is 7.65. The molecule has 0 radical (unpaired) electrons. The third-order valence-electron chi connectivity index (χ3n) is 6.25. The molecule has 1 atom stereocenters. The van der Waals surface area contributed by atoms with Crippen LogP contribution in [0.4, 0.5) is 5.69 Å². The van der Waals surface area contributed by atoms with Gasteiger partial charge in [0.25, 0.3) is 6.47 Å². The van der Waals surface area contributed by atoms with Crippen LogP contribution in [0.25, 0.3) is 10.9 Å². The molecular formula is C24H33N3O5. The Hall–Kier alpha value is -2.58. The van der Waals surface area contributed by atoms with Crippen LogP contribution in [0.5, 0.6) is 11.5 Å². The summed E-state index contributed by atoms with van der Waals surface area (Å²) in [6, 6.07) is 3.92. The van der Waals surface area contributed by atoms with E-state index in [0.717, 1.165) is 53.7 Å². The number of benzene rings is 1. The number of anilines is 1. The summed E-state index contributed by atoms with van der Waals surface area (Å²) in [5, 5.41) is 4.39. The van der Waals surface area contributed by atoms with Crippen LogP contribution in [0, 0.1) is 0 Å². The lowest BCUT2D eigenvalue weighted by Crippen LogP contribution is -2.21. The molecule has 2 aromatic rings. The molecule has 32 heavy (non-hydrogen) atoms. The molecule has 0 saturated carbocycles. The zero-order valence-corrected chi connectivity index (χ0v) is 19.0. The molecule has 1 aliphatic heterocycles. The maximum absolute atomic E-state index is 11.0. The lowest BCUT2D eigenvalue weighted by atomic mass is 10.0. The summed E-state index contributed by atoms with van der Waals surface area (Å²) in [6.07, 6.45) is 4.78. The maximum atomic E-state index is 11.0. The van der Waals surface area contributed by atoms with Gasteiger partial charge in [-0.2, -0.15) is 0 Å². The Morgan fingerprint density at radius 1 is 1.19 bits per heavy atom. The van der Waals surface area contributed by atoms with E-state index in [2.05, 4.69) is 10.2 Å². The number of aromatic nitrogens is 1. The molecule has 1 aromatic carbocycles. The number of hydrogen-bond acceptors (Lipinski definition) is 8. The van der Waals surface area contributed by atoms with Crippen LogP contribution in [0.15, 0.2) is 12.1 Å². The fourth-order valence-corrected chi connectivity index (χ4v) is 4.71. The van der Waals surface area contributed by atoms with Crippen molar-refractivity contribution in [2.24, 2.45) is 0 Å². The zero-order valence-electron chi connectivity index (χ0n) is 19.0. The number of hydrogen-bond donors (Lipinski definition) is 1. The number of nitrogens with zero attached hydrogens (tertiary/aromatic N) is 2. The van der Waals surface area contributed by atoms with E-state index in [4.69, 9.17) is 23.9 Å². The second kappa shape index (κ2) is 10.8. The number of fused-ring (bicyclic) bond motifs is 2. The van der Waals surface area contributed by atoms with Crippen molar-refractivity contribution in [2.75, 3.05) is 58.9 Å². The minimum absolute atomic E-state index is 0.294. The number of rotatable bonds is 12. The standard InChI is InChI=1S/C24H33N3O5/c1-29-13-8-25-24-17-14-21(30-2)22(31-12-5-11-27-9-3-4-10-27)15-19(17)26-18-6-7-20(23(18)24)32-16-28/h14-16,20H,3-13H2,1-2H3,(H,25,26). The van der Waals surface area contributed by atoms with E-state index < -0.39 is 0 Å². The van der Waals surface area contributed by atoms with Gasteiger partial charge < -0.3 is 29.2 Å². The van der Waals surface area contributed by atoms with E-state index in [0.29, 0.717) is 37.7 Å². The Labute approximate surface area is 189 Å². The Bertz CT molecular complexity index is 930. The molecule has 0 spiro atoms. The molecule has 1 saturated heterocycles. The molecule has 174 valence electrons. The van der Waals surface area contributed by atoms with Crippen LogP contribution in [-0.2, 0) is 20.7 Å². The molecule has 2 aliphatic rings. The minimum Gasteiger partial charge on any atom is -0.493 e. The summed E-state index contributed by atoms with van der Waals surface area (Å²) in [5.74, 6) is 1.37. The van der Waals surface area contributed by atoms with Gasteiger partial charge in [-0.1, -0.05) is 0 Å². The summed E-state index contributed by atoms with van der Waals surface area (Å²) in [6.45, 7) is 5.80. The van der Waals surface area contributed by atoms with E-state index in [1.807, 2.05) is 12.1 Å². The largest absolute Gasteiger partial charge is 0.493 e. The lowest BCUT2D eigenvalue weighted by Gasteiger charge is -2.20. The summed E-state index contributed by atoms with van der Waals surface area (Å²) < 4.78 is 22.3. The van der Waals surface area contributed by atoms with Gasteiger partial charge in [0, 0.05) is 37.2 Å². The number of methoxy groups -OCH3 is 2. The van der Waals surface area contributed by atoms with E-state index in [9.17, 15) is 4.79 Å². The number of carbonyl (C=O) groups excluding carboxylic acids is 1. The van der Waals surface area contributed by atoms with Crippen molar-refractivity contribution in [1.82, 2.24) is 9.88 Å². The Morgan fingerprint density at radius 3 is 2.78 bits per heavy atom. The number of ether oxygens (including phenoxy) is 4. The predicted octanol–water partition coefficient (Wildman–Crippen LogP) is 3.33. The molecule has 2 heterocycles. The van der Waals surface area contributed by atoms with Gasteiger partial charge in [-0.3, -0.25) is 9.78 Å². The average Bonchev–Trinajstić information content (AvgIpc) is 3.46. The van der Waals surface area contributed by atoms with Crippen LogP contribution >= 0.6 is 0 Å². The number of nitrogens with one attached hydrogen (secondary N) is 1. The first kappa shape index (κ1) is 22.6. The van der Waals surface area contributed by atoms with E-state index in [1.54, 1.807) is 14.2 Å². The number of aryl methyl sites for hydroxylation is 1. The SMILES string of the molecule is COCCNc1c2c(nc3cc(OCCCN4CCCC4)c(OC)cc13)CCC2OC=O. The molecule has 1 unspecified atom stereocenters. The minimum atomic E-state index is -0.294. The Morgan fingerprint density at radius 2 is 2.03 bits per heavy atom. The lowest BCUT2D eigenvalue weighted by molar-refractivity contribution is -0.133. The van der Waals surface area contributed by atoms with Gasteiger partial charge in [0.1, 0.15) is 6.10 Å². The third-order valence-corrected chi connectivity index (χ3v) is 6.25. The highest BCUT2D eigenvalue weighted by molar-refractivity contribution is 5.96. The van der Waals surface area contributed by atoms with Gasteiger partial charge in [0.05, 0.1) is 37.2 Å². The van der Waals surface area contributed by atoms with Crippen LogP contribution in [0.1, 0.15) is 43.0 Å². The number of likely N-dealkylation sites (tertiary alicyclic amines) is 1. The van der Waals surface area contributed by atoms with Gasteiger partial charge in [0.2, 0.25) is 0 Å². The number of pyridine rings is 1. The average molecular weight is 444 g/mol. The quantitative estimate of drug-likeness (QED) is 0.395. The Balaban J connectivity index is 1.61. The van der Waals surface area contributed by atoms with Crippen molar-refractivity contribution < 1.29 is 23.7 Å². The molecule has 8 nitrogen and oxygen atoms in total. The third kappa shape index (κ3) is 4.91. The van der Waals surface area contributed by atoms with Gasteiger partial charge in [0.15, 0.2) is 11.5 Å². The van der Waals surface area contributed by atoms with Gasteiger partial charge in [-0.05, 0) is 51.3 Å². The molecule has 1 aliphatic carbocycles. The summed E-state index contributed by atoms with van der Waals surface area (Å²) in [7, 11) is 3.32. The first-order valence-corrected chi connectivity index (χ1v) is 11.5. The van der Waals surface area contributed by atoms with Crippen molar-refractivity contribution in [3.05, 3.63) is 23.4 Å². The molecule has 8 heteroatoms. The second-order valence-corrected chi connectivity index (χ2v) is 8.30. The maximum Gasteiger partial charge on any atom is 0.293 e. The van der Waals surface area contributed by atoms with Crippen molar-refractivity contribution in [1.29, 1.82) is 0 Å². The first-order chi connectivity index (χ1) is 15.7. The summed E-state index contributed by atoms with van der Waals surface area (Å²) in [4.78, 5) is 18.4. The molecular weight excluding hydrogens is 410 g/mol. The molecule has 1 aromatic heterocycles. The zero-order chi connectivity index (χ0) is 22.3.